The van der Waals surface area contributed by atoms with Crippen LogP contribution in [-0.4, -0.2) is 38.5 Å². The van der Waals surface area contributed by atoms with Crippen LogP contribution >= 0.6 is 0 Å². The Morgan fingerprint density at radius 2 is 1.88 bits per heavy atom. The number of ether oxygens (including phenoxy) is 2. The standard InChI is InChI=1S/C14H31NO2/c1-6-8-13(15-10-7-2)12-17-11-9-14(3,4)16-5/h13,15H,6-12H2,1-5H3. The van der Waals surface area contributed by atoms with Gasteiger partial charge in [0.25, 0.3) is 0 Å². The van der Waals surface area contributed by atoms with Gasteiger partial charge in [0, 0.05) is 19.8 Å². The zero-order valence-electron chi connectivity index (χ0n) is 12.3. The van der Waals surface area contributed by atoms with Crippen molar-refractivity contribution >= 4 is 0 Å². The van der Waals surface area contributed by atoms with Crippen LogP contribution in [0, 0.1) is 0 Å². The highest BCUT2D eigenvalue weighted by atomic mass is 16.5. The summed E-state index contributed by atoms with van der Waals surface area (Å²) in [7, 11) is 1.75. The van der Waals surface area contributed by atoms with Gasteiger partial charge in [-0.3, -0.25) is 0 Å². The maximum atomic E-state index is 5.74. The lowest BCUT2D eigenvalue weighted by Crippen LogP contribution is -2.34. The summed E-state index contributed by atoms with van der Waals surface area (Å²) in [5, 5.41) is 3.53. The van der Waals surface area contributed by atoms with Crippen molar-refractivity contribution in [1.29, 1.82) is 0 Å². The summed E-state index contributed by atoms with van der Waals surface area (Å²) in [5.74, 6) is 0. The molecule has 1 N–H and O–H groups in total. The summed E-state index contributed by atoms with van der Waals surface area (Å²) >= 11 is 0. The van der Waals surface area contributed by atoms with Crippen molar-refractivity contribution < 1.29 is 9.47 Å². The van der Waals surface area contributed by atoms with Crippen molar-refractivity contribution in [2.45, 2.75) is 65.0 Å². The molecule has 0 aliphatic heterocycles. The van der Waals surface area contributed by atoms with Gasteiger partial charge in [0.15, 0.2) is 0 Å². The first-order valence-corrected chi connectivity index (χ1v) is 6.92. The summed E-state index contributed by atoms with van der Waals surface area (Å²) in [5.41, 5.74) is -0.0723. The van der Waals surface area contributed by atoms with Crippen LogP contribution < -0.4 is 5.32 Å². The predicted molar refractivity (Wildman–Crippen MR) is 73.5 cm³/mol. The highest BCUT2D eigenvalue weighted by Gasteiger charge is 2.16. The monoisotopic (exact) mass is 245 g/mol. The largest absolute Gasteiger partial charge is 0.380 e. The van der Waals surface area contributed by atoms with E-state index >= 15 is 0 Å². The normalized spacial score (nSPS) is 13.9. The van der Waals surface area contributed by atoms with Crippen LogP contribution in [0.25, 0.3) is 0 Å². The van der Waals surface area contributed by atoms with Crippen molar-refractivity contribution in [3.8, 4) is 0 Å². The summed E-state index contributed by atoms with van der Waals surface area (Å²) in [6.07, 6.45) is 4.51. The predicted octanol–water partition coefficient (Wildman–Crippen LogP) is 2.99. The van der Waals surface area contributed by atoms with E-state index in [1.54, 1.807) is 7.11 Å². The molecule has 0 radical (unpaired) electrons. The lowest BCUT2D eigenvalue weighted by atomic mass is 10.1. The molecule has 0 aliphatic carbocycles. The van der Waals surface area contributed by atoms with Crippen LogP contribution in [-0.2, 0) is 9.47 Å². The van der Waals surface area contributed by atoms with Crippen LogP contribution in [0.4, 0.5) is 0 Å². The molecule has 0 bridgehead atoms. The molecule has 3 nitrogen and oxygen atoms in total. The molecule has 0 aromatic heterocycles. The third-order valence-electron chi connectivity index (χ3n) is 3.04. The van der Waals surface area contributed by atoms with Gasteiger partial charge in [-0.25, -0.2) is 0 Å². The molecule has 0 rings (SSSR count). The Hall–Kier alpha value is -0.120. The van der Waals surface area contributed by atoms with E-state index in [2.05, 4.69) is 33.0 Å². The van der Waals surface area contributed by atoms with Gasteiger partial charge in [0.05, 0.1) is 12.2 Å². The van der Waals surface area contributed by atoms with Gasteiger partial charge in [-0.05, 0) is 39.7 Å². The molecule has 0 aromatic carbocycles. The molecule has 0 saturated heterocycles. The fourth-order valence-corrected chi connectivity index (χ4v) is 1.59. The van der Waals surface area contributed by atoms with Crippen LogP contribution in [0.1, 0.15) is 53.4 Å². The number of methoxy groups -OCH3 is 1. The van der Waals surface area contributed by atoms with Crippen molar-refractivity contribution in [3.63, 3.8) is 0 Å². The van der Waals surface area contributed by atoms with Crippen molar-refractivity contribution in [2.75, 3.05) is 26.9 Å². The van der Waals surface area contributed by atoms with Crippen molar-refractivity contribution in [3.05, 3.63) is 0 Å². The topological polar surface area (TPSA) is 30.5 Å². The zero-order valence-corrected chi connectivity index (χ0v) is 12.3. The number of hydrogen-bond donors (Lipinski definition) is 1. The summed E-state index contributed by atoms with van der Waals surface area (Å²) in [6.45, 7) is 11.3. The molecule has 0 spiro atoms. The lowest BCUT2D eigenvalue weighted by molar-refractivity contribution is -0.0126. The Balaban J connectivity index is 3.66. The molecule has 3 heteroatoms. The van der Waals surface area contributed by atoms with Gasteiger partial charge >= 0.3 is 0 Å². The highest BCUT2D eigenvalue weighted by Crippen LogP contribution is 2.12. The molecule has 0 fully saturated rings. The minimum Gasteiger partial charge on any atom is -0.380 e. The Morgan fingerprint density at radius 1 is 1.18 bits per heavy atom. The number of hydrogen-bond acceptors (Lipinski definition) is 3. The average Bonchev–Trinajstić information content (AvgIpc) is 2.31. The second-order valence-corrected chi connectivity index (χ2v) is 5.23. The van der Waals surface area contributed by atoms with Gasteiger partial charge in [-0.2, -0.15) is 0 Å². The summed E-state index contributed by atoms with van der Waals surface area (Å²) in [6, 6.07) is 0.505. The number of nitrogens with one attached hydrogen (secondary N) is 1. The Labute approximate surface area is 107 Å². The first-order chi connectivity index (χ1) is 8.05. The smallest absolute Gasteiger partial charge is 0.0644 e. The van der Waals surface area contributed by atoms with Crippen LogP contribution in [0.5, 0.6) is 0 Å². The van der Waals surface area contributed by atoms with E-state index in [9.17, 15) is 0 Å². The van der Waals surface area contributed by atoms with E-state index in [0.717, 1.165) is 26.2 Å². The van der Waals surface area contributed by atoms with E-state index in [1.165, 1.54) is 19.3 Å². The average molecular weight is 245 g/mol. The first-order valence-electron chi connectivity index (χ1n) is 6.92. The fraction of sp³-hybridized carbons (Fsp3) is 1.00. The molecule has 0 saturated carbocycles. The van der Waals surface area contributed by atoms with Gasteiger partial charge in [-0.1, -0.05) is 20.3 Å². The molecule has 17 heavy (non-hydrogen) atoms. The van der Waals surface area contributed by atoms with Crippen molar-refractivity contribution in [2.24, 2.45) is 0 Å². The van der Waals surface area contributed by atoms with Crippen LogP contribution in [0.15, 0.2) is 0 Å². The van der Waals surface area contributed by atoms with Gasteiger partial charge in [0.1, 0.15) is 0 Å². The minimum absolute atomic E-state index is 0.0723. The maximum Gasteiger partial charge on any atom is 0.0644 e. The molecule has 1 unspecified atom stereocenters. The molecule has 0 aliphatic rings. The van der Waals surface area contributed by atoms with E-state index < -0.39 is 0 Å². The van der Waals surface area contributed by atoms with Gasteiger partial charge < -0.3 is 14.8 Å². The molecule has 0 heterocycles. The maximum absolute atomic E-state index is 5.74. The third-order valence-corrected chi connectivity index (χ3v) is 3.04. The summed E-state index contributed by atoms with van der Waals surface area (Å²) in [4.78, 5) is 0. The Morgan fingerprint density at radius 3 is 2.41 bits per heavy atom. The molecule has 104 valence electrons. The molecule has 0 aromatic rings. The van der Waals surface area contributed by atoms with E-state index in [-0.39, 0.29) is 5.60 Å². The molecule has 0 amide bonds. The van der Waals surface area contributed by atoms with Gasteiger partial charge in [0.2, 0.25) is 0 Å². The van der Waals surface area contributed by atoms with E-state index in [0.29, 0.717) is 6.04 Å². The zero-order chi connectivity index (χ0) is 13.1. The van der Waals surface area contributed by atoms with Crippen LogP contribution in [0.2, 0.25) is 0 Å². The second-order valence-electron chi connectivity index (χ2n) is 5.23. The van der Waals surface area contributed by atoms with Crippen LogP contribution in [0.3, 0.4) is 0 Å². The molecular weight excluding hydrogens is 214 g/mol. The quantitative estimate of drug-likeness (QED) is 0.568. The summed E-state index contributed by atoms with van der Waals surface area (Å²) < 4.78 is 11.1. The third kappa shape index (κ3) is 9.57. The fourth-order valence-electron chi connectivity index (χ4n) is 1.59. The molecular formula is C14H31NO2. The second kappa shape index (κ2) is 9.86. The SMILES string of the molecule is CCCNC(CCC)COCCC(C)(C)OC. The van der Waals surface area contributed by atoms with Crippen molar-refractivity contribution in [1.82, 2.24) is 5.32 Å². The van der Waals surface area contributed by atoms with E-state index in [1.807, 2.05) is 0 Å². The highest BCUT2D eigenvalue weighted by molar-refractivity contribution is 4.68. The first kappa shape index (κ1) is 16.9. The Kier molecular flexibility index (Phi) is 9.79. The van der Waals surface area contributed by atoms with Gasteiger partial charge in [-0.15, -0.1) is 0 Å². The Bertz CT molecular complexity index is 172. The minimum atomic E-state index is -0.0723. The van der Waals surface area contributed by atoms with E-state index in [4.69, 9.17) is 9.47 Å². The number of rotatable bonds is 11. The molecule has 1 atom stereocenters. The lowest BCUT2D eigenvalue weighted by Gasteiger charge is -2.23.